The Bertz CT molecular complexity index is 1440. The third-order valence-corrected chi connectivity index (χ3v) is 8.35. The van der Waals surface area contributed by atoms with Crippen LogP contribution in [-0.4, -0.2) is 16.6 Å². The van der Waals surface area contributed by atoms with E-state index >= 15 is 0 Å². The summed E-state index contributed by atoms with van der Waals surface area (Å²) in [5.41, 5.74) is 6.52. The first-order valence-electron chi connectivity index (χ1n) is 12.8. The Morgan fingerprint density at radius 1 is 0.974 bits per heavy atom. The average molecular weight is 541 g/mol. The molecule has 4 rings (SSSR count). The number of carbonyl (C=O) groups is 1. The zero-order valence-corrected chi connectivity index (χ0v) is 23.8. The number of carbonyl (C=O) groups excluding carboxylic acids is 1. The standard InChI is InChI=1S/C31H32N4OS2/c1-5-21-10-9-11-22(6-2)29(21)35-28(36)19-37-30(33-24-16-14-23(15-17-24)20(3)4)25(18-32)31-34-26-12-7-8-13-27(26)38-31/h7-17,20,33H,5-6,19H2,1-4H3,(H,35,36)/b30-25+. The maximum absolute atomic E-state index is 13.1. The fourth-order valence-corrected chi connectivity index (χ4v) is 6.00. The van der Waals surface area contributed by atoms with Crippen molar-refractivity contribution in [2.75, 3.05) is 16.4 Å². The first-order chi connectivity index (χ1) is 18.4. The van der Waals surface area contributed by atoms with E-state index in [4.69, 9.17) is 4.98 Å². The Hall–Kier alpha value is -3.60. The SMILES string of the molecule is CCc1cccc(CC)c1NC(=O)CS/C(Nc1ccc(C(C)C)cc1)=C(\C#N)c1nc2ccccc2s1. The van der Waals surface area contributed by atoms with E-state index < -0.39 is 0 Å². The molecule has 0 spiro atoms. The molecule has 3 aromatic carbocycles. The molecule has 5 nitrogen and oxygen atoms in total. The van der Waals surface area contributed by atoms with Crippen LogP contribution in [0.2, 0.25) is 0 Å². The molecule has 0 aliphatic heterocycles. The zero-order valence-electron chi connectivity index (χ0n) is 22.2. The fraction of sp³-hybridized carbons (Fsp3) is 0.258. The highest BCUT2D eigenvalue weighted by molar-refractivity contribution is 8.04. The summed E-state index contributed by atoms with van der Waals surface area (Å²) in [6, 6.07) is 24.5. The van der Waals surface area contributed by atoms with E-state index in [9.17, 15) is 10.1 Å². The topological polar surface area (TPSA) is 77.8 Å². The Labute approximate surface area is 233 Å². The maximum Gasteiger partial charge on any atom is 0.234 e. The molecular formula is C31H32N4OS2. The highest BCUT2D eigenvalue weighted by Gasteiger charge is 2.18. The van der Waals surface area contributed by atoms with E-state index in [-0.39, 0.29) is 11.7 Å². The zero-order chi connectivity index (χ0) is 27.1. The number of rotatable bonds is 10. The Kier molecular flexibility index (Phi) is 9.22. The second-order valence-corrected chi connectivity index (χ2v) is 11.2. The van der Waals surface area contributed by atoms with E-state index in [1.165, 1.54) is 28.7 Å². The highest BCUT2D eigenvalue weighted by atomic mass is 32.2. The normalized spacial score (nSPS) is 11.8. The molecule has 0 bridgehead atoms. The summed E-state index contributed by atoms with van der Waals surface area (Å²) in [6.45, 7) is 8.49. The number of nitrogens with one attached hydrogen (secondary N) is 2. The van der Waals surface area contributed by atoms with E-state index in [1.54, 1.807) is 0 Å². The van der Waals surface area contributed by atoms with Gasteiger partial charge in [-0.15, -0.1) is 11.3 Å². The molecule has 0 aliphatic carbocycles. The molecule has 0 fully saturated rings. The predicted octanol–water partition coefficient (Wildman–Crippen LogP) is 8.22. The van der Waals surface area contributed by atoms with Crippen LogP contribution >= 0.6 is 23.1 Å². The van der Waals surface area contributed by atoms with Gasteiger partial charge in [-0.25, -0.2) is 4.98 Å². The molecule has 194 valence electrons. The van der Waals surface area contributed by atoms with E-state index in [2.05, 4.69) is 68.7 Å². The summed E-state index contributed by atoms with van der Waals surface area (Å²) >= 11 is 2.80. The molecule has 7 heteroatoms. The van der Waals surface area contributed by atoms with Crippen LogP contribution in [0, 0.1) is 11.3 Å². The van der Waals surface area contributed by atoms with Crippen LogP contribution in [0.3, 0.4) is 0 Å². The van der Waals surface area contributed by atoms with Gasteiger partial charge in [-0.2, -0.15) is 5.26 Å². The number of thiazole rings is 1. The number of fused-ring (bicyclic) bond motifs is 1. The first kappa shape index (κ1) is 27.4. The van der Waals surface area contributed by atoms with Gasteiger partial charge in [0, 0.05) is 11.4 Å². The molecule has 0 radical (unpaired) electrons. The van der Waals surface area contributed by atoms with Gasteiger partial charge in [0.15, 0.2) is 0 Å². The maximum atomic E-state index is 13.1. The summed E-state index contributed by atoms with van der Waals surface area (Å²) in [7, 11) is 0. The number of nitriles is 1. The van der Waals surface area contributed by atoms with Crippen LogP contribution in [-0.2, 0) is 17.6 Å². The number of hydrogen-bond donors (Lipinski definition) is 2. The molecule has 38 heavy (non-hydrogen) atoms. The third-order valence-electron chi connectivity index (χ3n) is 6.29. The van der Waals surface area contributed by atoms with Crippen molar-refractivity contribution in [2.24, 2.45) is 0 Å². The number of amides is 1. The van der Waals surface area contributed by atoms with Crippen LogP contribution in [0.15, 0.2) is 71.8 Å². The van der Waals surface area contributed by atoms with Gasteiger partial charge >= 0.3 is 0 Å². The third kappa shape index (κ3) is 6.45. The summed E-state index contributed by atoms with van der Waals surface area (Å²) < 4.78 is 1.02. The van der Waals surface area contributed by atoms with Crippen molar-refractivity contribution in [3.05, 3.63) is 93.5 Å². The van der Waals surface area contributed by atoms with Crippen LogP contribution in [0.1, 0.15) is 55.3 Å². The molecule has 0 saturated carbocycles. The summed E-state index contributed by atoms with van der Waals surface area (Å²) in [5, 5.41) is 18.0. The fourth-order valence-electron chi connectivity index (χ4n) is 4.14. The van der Waals surface area contributed by atoms with Crippen LogP contribution in [0.4, 0.5) is 11.4 Å². The van der Waals surface area contributed by atoms with Gasteiger partial charge in [0.2, 0.25) is 5.91 Å². The number of para-hydroxylation sites is 2. The molecule has 4 aromatic rings. The number of thioether (sulfide) groups is 1. The van der Waals surface area contributed by atoms with Crippen LogP contribution < -0.4 is 10.6 Å². The van der Waals surface area contributed by atoms with Gasteiger partial charge in [-0.1, -0.05) is 81.9 Å². The average Bonchev–Trinajstić information content (AvgIpc) is 3.36. The van der Waals surface area contributed by atoms with Crippen molar-refractivity contribution in [1.82, 2.24) is 4.98 Å². The summed E-state index contributed by atoms with van der Waals surface area (Å²) in [6.07, 6.45) is 1.68. The van der Waals surface area contributed by atoms with Crippen LogP contribution in [0.5, 0.6) is 0 Å². The first-order valence-corrected chi connectivity index (χ1v) is 14.6. The lowest BCUT2D eigenvalue weighted by atomic mass is 10.0. The largest absolute Gasteiger partial charge is 0.349 e. The predicted molar refractivity (Wildman–Crippen MR) is 163 cm³/mol. The molecule has 0 aliphatic rings. The van der Waals surface area contributed by atoms with Gasteiger partial charge in [-0.05, 0) is 59.7 Å². The number of anilines is 2. The molecule has 0 unspecified atom stereocenters. The van der Waals surface area contributed by atoms with Gasteiger partial charge in [0.05, 0.1) is 21.0 Å². The Morgan fingerprint density at radius 3 is 2.26 bits per heavy atom. The minimum absolute atomic E-state index is 0.110. The minimum Gasteiger partial charge on any atom is -0.349 e. The number of hydrogen-bond acceptors (Lipinski definition) is 6. The van der Waals surface area contributed by atoms with Crippen molar-refractivity contribution in [1.29, 1.82) is 5.26 Å². The minimum atomic E-state index is -0.110. The van der Waals surface area contributed by atoms with Crippen LogP contribution in [0.25, 0.3) is 15.8 Å². The van der Waals surface area contributed by atoms with Gasteiger partial charge in [-0.3, -0.25) is 4.79 Å². The number of aryl methyl sites for hydroxylation is 2. The van der Waals surface area contributed by atoms with Crippen molar-refractivity contribution < 1.29 is 4.79 Å². The monoisotopic (exact) mass is 540 g/mol. The van der Waals surface area contributed by atoms with E-state index in [1.807, 2.05) is 42.5 Å². The quantitative estimate of drug-likeness (QED) is 0.198. The molecule has 1 amide bonds. The highest BCUT2D eigenvalue weighted by Crippen LogP contribution is 2.33. The van der Waals surface area contributed by atoms with E-state index in [0.717, 1.165) is 45.6 Å². The Balaban J connectivity index is 1.64. The molecule has 1 heterocycles. The lowest BCUT2D eigenvalue weighted by molar-refractivity contribution is -0.113. The molecular weight excluding hydrogens is 509 g/mol. The van der Waals surface area contributed by atoms with Crippen molar-refractivity contribution >= 4 is 56.2 Å². The van der Waals surface area contributed by atoms with Crippen molar-refractivity contribution in [3.63, 3.8) is 0 Å². The Morgan fingerprint density at radius 2 is 1.66 bits per heavy atom. The number of allylic oxidation sites excluding steroid dienone is 1. The second kappa shape index (κ2) is 12.8. The smallest absolute Gasteiger partial charge is 0.234 e. The van der Waals surface area contributed by atoms with E-state index in [0.29, 0.717) is 21.5 Å². The number of benzene rings is 3. The van der Waals surface area contributed by atoms with Gasteiger partial charge in [0.25, 0.3) is 0 Å². The van der Waals surface area contributed by atoms with Gasteiger partial charge < -0.3 is 10.6 Å². The lowest BCUT2D eigenvalue weighted by Crippen LogP contribution is -2.17. The molecule has 2 N–H and O–H groups in total. The lowest BCUT2D eigenvalue weighted by Gasteiger charge is -2.16. The molecule has 1 aromatic heterocycles. The summed E-state index contributed by atoms with van der Waals surface area (Å²) in [5.74, 6) is 0.471. The summed E-state index contributed by atoms with van der Waals surface area (Å²) in [4.78, 5) is 17.8. The second-order valence-electron chi connectivity index (χ2n) is 9.20. The number of aromatic nitrogens is 1. The van der Waals surface area contributed by atoms with Crippen molar-refractivity contribution in [2.45, 2.75) is 46.5 Å². The van der Waals surface area contributed by atoms with Gasteiger partial charge in [0.1, 0.15) is 16.6 Å². The molecule has 0 atom stereocenters. The molecule has 0 saturated heterocycles. The van der Waals surface area contributed by atoms with Crippen molar-refractivity contribution in [3.8, 4) is 6.07 Å². The number of nitrogens with zero attached hydrogens (tertiary/aromatic N) is 2.